The van der Waals surface area contributed by atoms with Gasteiger partial charge in [-0.05, 0) is 56.6 Å². The number of nitrogens with one attached hydrogen (secondary N) is 1. The molecule has 8 heteroatoms. The van der Waals surface area contributed by atoms with Crippen molar-refractivity contribution in [1.29, 1.82) is 0 Å². The summed E-state index contributed by atoms with van der Waals surface area (Å²) in [4.78, 5) is 21.7. The molecule has 7 nitrogen and oxygen atoms in total. The van der Waals surface area contributed by atoms with Crippen LogP contribution >= 0.6 is 24.0 Å². The maximum absolute atomic E-state index is 12.8. The molecule has 3 heterocycles. The summed E-state index contributed by atoms with van der Waals surface area (Å²) < 4.78 is 11.9. The van der Waals surface area contributed by atoms with E-state index >= 15 is 0 Å². The Kier molecular flexibility index (Phi) is 10.7. The van der Waals surface area contributed by atoms with Crippen LogP contribution in [0.25, 0.3) is 0 Å². The molecule has 0 saturated carbocycles. The first-order valence-corrected chi connectivity index (χ1v) is 12.3. The van der Waals surface area contributed by atoms with Crippen molar-refractivity contribution in [2.24, 2.45) is 4.99 Å². The van der Waals surface area contributed by atoms with Crippen molar-refractivity contribution in [2.45, 2.75) is 64.2 Å². The van der Waals surface area contributed by atoms with Crippen LogP contribution in [-0.4, -0.2) is 79.8 Å². The fourth-order valence-corrected chi connectivity index (χ4v) is 4.79. The summed E-state index contributed by atoms with van der Waals surface area (Å²) in [6.07, 6.45) is 6.98. The highest BCUT2D eigenvalue weighted by Gasteiger charge is 2.25. The number of halogens is 1. The van der Waals surface area contributed by atoms with Crippen molar-refractivity contribution in [3.63, 3.8) is 0 Å². The Balaban J connectivity index is 0.00000306. The van der Waals surface area contributed by atoms with Gasteiger partial charge in [0.2, 0.25) is 5.91 Å². The Morgan fingerprint density at radius 1 is 1.12 bits per heavy atom. The first kappa shape index (κ1) is 26.2. The number of carbonyl (C=O) groups excluding carboxylic acids is 1. The zero-order valence-electron chi connectivity index (χ0n) is 19.8. The molecule has 4 rings (SSSR count). The summed E-state index contributed by atoms with van der Waals surface area (Å²) in [7, 11) is 0. The number of hydrogen-bond acceptors (Lipinski definition) is 4. The van der Waals surface area contributed by atoms with Gasteiger partial charge >= 0.3 is 0 Å². The van der Waals surface area contributed by atoms with E-state index in [1.165, 1.54) is 24.0 Å². The van der Waals surface area contributed by atoms with E-state index in [2.05, 4.69) is 35.3 Å². The van der Waals surface area contributed by atoms with Crippen LogP contribution in [0.4, 0.5) is 0 Å². The second-order valence-corrected chi connectivity index (χ2v) is 9.01. The zero-order chi connectivity index (χ0) is 22.2. The number of rotatable bonds is 6. The highest BCUT2D eigenvalue weighted by atomic mass is 127. The van der Waals surface area contributed by atoms with Gasteiger partial charge in [0.1, 0.15) is 6.54 Å². The lowest BCUT2D eigenvalue weighted by atomic mass is 10.00. The number of carbonyl (C=O) groups is 1. The number of benzene rings is 1. The maximum Gasteiger partial charge on any atom is 0.244 e. The molecule has 0 spiro atoms. The molecule has 184 valence electrons. The molecule has 0 aliphatic carbocycles. The number of nitrogens with zero attached hydrogens (tertiary/aromatic N) is 3. The lowest BCUT2D eigenvalue weighted by Gasteiger charge is -2.35. The molecule has 3 aliphatic heterocycles. The summed E-state index contributed by atoms with van der Waals surface area (Å²) in [5.41, 5.74) is 2.61. The van der Waals surface area contributed by atoms with Gasteiger partial charge < -0.3 is 24.6 Å². The molecule has 0 radical (unpaired) electrons. The molecule has 1 aromatic carbocycles. The highest BCUT2D eigenvalue weighted by Crippen LogP contribution is 2.19. The van der Waals surface area contributed by atoms with Crippen LogP contribution in [0.5, 0.6) is 0 Å². The number of fused-ring (bicyclic) bond motifs is 1. The van der Waals surface area contributed by atoms with Crippen LogP contribution in [0.15, 0.2) is 29.3 Å². The van der Waals surface area contributed by atoms with Crippen LogP contribution in [0.1, 0.15) is 50.2 Å². The van der Waals surface area contributed by atoms with E-state index in [0.29, 0.717) is 13.2 Å². The standard InChI is InChI=1S/C25H38N4O3.HI/c1-2-26-25(27-17-24(30)29-13-10-20-7-3-4-8-21(20)18-29)28-14-11-22(12-15-28)32-19-23-9-5-6-16-31-23;/h3-4,7-8,22-23H,2,5-6,9-19H2,1H3,(H,26,27);1H. The van der Waals surface area contributed by atoms with Gasteiger partial charge in [-0.3, -0.25) is 4.79 Å². The van der Waals surface area contributed by atoms with Gasteiger partial charge in [-0.15, -0.1) is 24.0 Å². The molecular weight excluding hydrogens is 531 g/mol. The van der Waals surface area contributed by atoms with E-state index in [-0.39, 0.29) is 48.6 Å². The minimum Gasteiger partial charge on any atom is -0.376 e. The lowest BCUT2D eigenvalue weighted by molar-refractivity contribution is -0.130. The molecule has 1 unspecified atom stereocenters. The predicted octanol–water partition coefficient (Wildman–Crippen LogP) is 3.20. The largest absolute Gasteiger partial charge is 0.376 e. The molecule has 1 aromatic rings. The van der Waals surface area contributed by atoms with Crippen LogP contribution in [0.2, 0.25) is 0 Å². The van der Waals surface area contributed by atoms with Crippen molar-refractivity contribution in [3.05, 3.63) is 35.4 Å². The van der Waals surface area contributed by atoms with Crippen molar-refractivity contribution in [2.75, 3.05) is 45.9 Å². The van der Waals surface area contributed by atoms with Crippen LogP contribution in [-0.2, 0) is 27.2 Å². The molecule has 1 atom stereocenters. The molecule has 0 bridgehead atoms. The fraction of sp³-hybridized carbons (Fsp3) is 0.680. The van der Waals surface area contributed by atoms with Crippen molar-refractivity contribution < 1.29 is 14.3 Å². The lowest BCUT2D eigenvalue weighted by Crippen LogP contribution is -2.48. The second kappa shape index (κ2) is 13.5. The zero-order valence-corrected chi connectivity index (χ0v) is 22.2. The molecule has 33 heavy (non-hydrogen) atoms. The summed E-state index contributed by atoms with van der Waals surface area (Å²) in [5.74, 6) is 0.938. The topological polar surface area (TPSA) is 66.4 Å². The number of ether oxygens (including phenoxy) is 2. The fourth-order valence-electron chi connectivity index (χ4n) is 4.79. The SMILES string of the molecule is CCNC(=NCC(=O)N1CCc2ccccc2C1)N1CCC(OCC2CCCCO2)CC1.I. The Hall–Kier alpha value is -1.39. The first-order chi connectivity index (χ1) is 15.7. The van der Waals surface area contributed by atoms with E-state index in [1.807, 2.05) is 11.0 Å². The third-order valence-electron chi connectivity index (χ3n) is 6.72. The third kappa shape index (κ3) is 7.55. The second-order valence-electron chi connectivity index (χ2n) is 9.01. The van der Waals surface area contributed by atoms with Gasteiger partial charge in [0.05, 0.1) is 18.8 Å². The monoisotopic (exact) mass is 570 g/mol. The van der Waals surface area contributed by atoms with E-state index in [1.54, 1.807) is 0 Å². The minimum absolute atomic E-state index is 0. The smallest absolute Gasteiger partial charge is 0.244 e. The molecule has 2 fully saturated rings. The number of amides is 1. The predicted molar refractivity (Wildman–Crippen MR) is 141 cm³/mol. The Morgan fingerprint density at radius 2 is 1.91 bits per heavy atom. The van der Waals surface area contributed by atoms with Gasteiger partial charge in [-0.1, -0.05) is 24.3 Å². The van der Waals surface area contributed by atoms with Crippen molar-refractivity contribution in [3.8, 4) is 0 Å². The molecule has 1 N–H and O–H groups in total. The Morgan fingerprint density at radius 3 is 2.64 bits per heavy atom. The summed E-state index contributed by atoms with van der Waals surface area (Å²) in [6.45, 7) is 7.90. The van der Waals surface area contributed by atoms with Crippen LogP contribution in [0.3, 0.4) is 0 Å². The van der Waals surface area contributed by atoms with Crippen LogP contribution in [0, 0.1) is 0 Å². The summed E-state index contributed by atoms with van der Waals surface area (Å²) in [6, 6.07) is 8.40. The van der Waals surface area contributed by atoms with Gasteiger partial charge in [0, 0.05) is 39.3 Å². The van der Waals surface area contributed by atoms with Crippen LogP contribution < -0.4 is 5.32 Å². The van der Waals surface area contributed by atoms with Gasteiger partial charge in [0.15, 0.2) is 5.96 Å². The van der Waals surface area contributed by atoms with E-state index in [4.69, 9.17) is 14.5 Å². The van der Waals surface area contributed by atoms with Gasteiger partial charge in [-0.2, -0.15) is 0 Å². The van der Waals surface area contributed by atoms with E-state index < -0.39 is 0 Å². The Labute approximate surface area is 215 Å². The van der Waals surface area contributed by atoms with E-state index in [9.17, 15) is 4.79 Å². The molecule has 2 saturated heterocycles. The van der Waals surface area contributed by atoms with Gasteiger partial charge in [0.25, 0.3) is 0 Å². The Bertz CT molecular complexity index is 777. The number of aliphatic imine (C=N–C) groups is 1. The van der Waals surface area contributed by atoms with Gasteiger partial charge in [-0.25, -0.2) is 4.99 Å². The summed E-state index contributed by atoms with van der Waals surface area (Å²) in [5, 5.41) is 3.37. The normalized spacial score (nSPS) is 21.8. The maximum atomic E-state index is 12.8. The quantitative estimate of drug-likeness (QED) is 0.324. The van der Waals surface area contributed by atoms with Crippen molar-refractivity contribution in [1.82, 2.24) is 15.1 Å². The highest BCUT2D eigenvalue weighted by molar-refractivity contribution is 14.0. The minimum atomic E-state index is 0. The average Bonchev–Trinajstić information content (AvgIpc) is 2.86. The number of hydrogen-bond donors (Lipinski definition) is 1. The third-order valence-corrected chi connectivity index (χ3v) is 6.72. The van der Waals surface area contributed by atoms with E-state index in [0.717, 1.165) is 64.4 Å². The number of piperidine rings is 1. The number of guanidine groups is 1. The van der Waals surface area contributed by atoms with Crippen molar-refractivity contribution >= 4 is 35.8 Å². The first-order valence-electron chi connectivity index (χ1n) is 12.3. The molecule has 0 aromatic heterocycles. The molecule has 1 amide bonds. The summed E-state index contributed by atoms with van der Waals surface area (Å²) >= 11 is 0. The molecule has 3 aliphatic rings. The number of likely N-dealkylation sites (tertiary alicyclic amines) is 1. The average molecular weight is 571 g/mol. The molecular formula is C25H39IN4O3.